The Hall–Kier alpha value is -2.24. The molecular formula is C21H30N4O5S2. The normalized spacial score (nSPS) is 16.2. The van der Waals surface area contributed by atoms with E-state index < -0.39 is 19.9 Å². The molecule has 1 aromatic carbocycles. The van der Waals surface area contributed by atoms with E-state index in [0.29, 0.717) is 25.1 Å². The number of piperidine rings is 1. The second kappa shape index (κ2) is 10.1. The molecule has 1 aromatic heterocycles. The van der Waals surface area contributed by atoms with Gasteiger partial charge in [-0.05, 0) is 31.7 Å². The quantitative estimate of drug-likeness (QED) is 0.538. The van der Waals surface area contributed by atoms with Gasteiger partial charge in [0.2, 0.25) is 5.91 Å². The molecule has 0 unspecified atom stereocenters. The van der Waals surface area contributed by atoms with Crippen LogP contribution in [0.25, 0.3) is 0 Å². The predicted octanol–water partition coefficient (Wildman–Crippen LogP) is 1.25. The Morgan fingerprint density at radius 1 is 1.12 bits per heavy atom. The number of sulfonamides is 1. The van der Waals surface area contributed by atoms with Gasteiger partial charge in [0.25, 0.3) is 10.0 Å². The fourth-order valence-electron chi connectivity index (χ4n) is 3.69. The van der Waals surface area contributed by atoms with E-state index in [0.717, 1.165) is 5.56 Å². The minimum absolute atomic E-state index is 0.00234. The Labute approximate surface area is 189 Å². The maximum Gasteiger partial charge on any atom is 0.262 e. The average Bonchev–Trinajstić information content (AvgIpc) is 3.11. The minimum atomic E-state index is -3.67. The van der Waals surface area contributed by atoms with Crippen LogP contribution in [0.3, 0.4) is 0 Å². The monoisotopic (exact) mass is 482 g/mol. The Morgan fingerprint density at radius 3 is 2.38 bits per heavy atom. The van der Waals surface area contributed by atoms with Gasteiger partial charge in [0.05, 0.1) is 11.5 Å². The summed E-state index contributed by atoms with van der Waals surface area (Å²) in [4.78, 5) is 16.6. The molecule has 0 atom stereocenters. The summed E-state index contributed by atoms with van der Waals surface area (Å²) >= 11 is 0. The van der Waals surface area contributed by atoms with E-state index in [1.807, 2.05) is 6.07 Å². The van der Waals surface area contributed by atoms with E-state index in [1.54, 1.807) is 42.8 Å². The molecule has 0 radical (unpaired) electrons. The van der Waals surface area contributed by atoms with Crippen molar-refractivity contribution in [2.75, 3.05) is 25.4 Å². The van der Waals surface area contributed by atoms with Crippen molar-refractivity contribution in [1.82, 2.24) is 19.2 Å². The SMILES string of the molecule is Cc1nc(S(=O)(=O)N2CCC(C(=O)NCCCS(=O)(=O)Cc3ccccc3)CC2)cn1C. The van der Waals surface area contributed by atoms with E-state index in [1.165, 1.54) is 10.5 Å². The lowest BCUT2D eigenvalue weighted by molar-refractivity contribution is -0.126. The Bertz CT molecular complexity index is 1120. The lowest BCUT2D eigenvalue weighted by Crippen LogP contribution is -2.43. The molecule has 1 amide bonds. The topological polar surface area (TPSA) is 118 Å². The third kappa shape index (κ3) is 6.17. The van der Waals surface area contributed by atoms with Gasteiger partial charge >= 0.3 is 0 Å². The highest BCUT2D eigenvalue weighted by molar-refractivity contribution is 7.90. The van der Waals surface area contributed by atoms with Gasteiger partial charge in [-0.25, -0.2) is 21.8 Å². The van der Waals surface area contributed by atoms with Gasteiger partial charge in [0, 0.05) is 38.8 Å². The van der Waals surface area contributed by atoms with Crippen LogP contribution in [0.15, 0.2) is 41.6 Å². The van der Waals surface area contributed by atoms with Gasteiger partial charge in [0.1, 0.15) is 5.82 Å². The van der Waals surface area contributed by atoms with Gasteiger partial charge < -0.3 is 9.88 Å². The number of sulfone groups is 1. The standard InChI is InChI=1S/C21H30N4O5S2/c1-17-23-20(15-24(17)2)32(29,30)25-12-9-19(10-13-25)21(26)22-11-6-14-31(27,28)16-18-7-4-3-5-8-18/h3-5,7-8,15,19H,6,9-14,16H2,1-2H3,(H,22,26). The highest BCUT2D eigenvalue weighted by Crippen LogP contribution is 2.23. The zero-order valence-corrected chi connectivity index (χ0v) is 20.0. The minimum Gasteiger partial charge on any atom is -0.356 e. The summed E-state index contributed by atoms with van der Waals surface area (Å²) in [5.74, 6) is 0.167. The molecule has 0 saturated carbocycles. The molecule has 1 aliphatic rings. The first-order chi connectivity index (χ1) is 15.1. The van der Waals surface area contributed by atoms with Crippen LogP contribution in [0, 0.1) is 12.8 Å². The molecule has 1 saturated heterocycles. The number of hydrogen-bond acceptors (Lipinski definition) is 6. The van der Waals surface area contributed by atoms with Gasteiger partial charge in [-0.3, -0.25) is 4.79 Å². The fraction of sp³-hybridized carbons (Fsp3) is 0.524. The second-order valence-corrected chi connectivity index (χ2v) is 12.2. The second-order valence-electron chi connectivity index (χ2n) is 8.14. The Morgan fingerprint density at radius 2 is 1.78 bits per heavy atom. The molecule has 32 heavy (non-hydrogen) atoms. The van der Waals surface area contributed by atoms with E-state index >= 15 is 0 Å². The molecule has 0 spiro atoms. The van der Waals surface area contributed by atoms with Crippen molar-refractivity contribution in [3.8, 4) is 0 Å². The maximum atomic E-state index is 12.8. The van der Waals surface area contributed by atoms with Crippen molar-refractivity contribution in [1.29, 1.82) is 0 Å². The van der Waals surface area contributed by atoms with Crippen molar-refractivity contribution in [3.05, 3.63) is 47.9 Å². The van der Waals surface area contributed by atoms with Crippen LogP contribution in [0.5, 0.6) is 0 Å². The summed E-state index contributed by atoms with van der Waals surface area (Å²) in [5.41, 5.74) is 0.749. The van der Waals surface area contributed by atoms with Crippen LogP contribution in [-0.2, 0) is 37.5 Å². The largest absolute Gasteiger partial charge is 0.356 e. The summed E-state index contributed by atoms with van der Waals surface area (Å²) in [6.45, 7) is 2.52. The molecule has 9 nitrogen and oxygen atoms in total. The summed E-state index contributed by atoms with van der Waals surface area (Å²) < 4.78 is 53.0. The van der Waals surface area contributed by atoms with Crippen molar-refractivity contribution in [2.45, 2.75) is 37.0 Å². The zero-order chi connectivity index (χ0) is 23.4. The third-order valence-electron chi connectivity index (χ3n) is 5.68. The highest BCUT2D eigenvalue weighted by atomic mass is 32.2. The van der Waals surface area contributed by atoms with Crippen molar-refractivity contribution in [3.63, 3.8) is 0 Å². The predicted molar refractivity (Wildman–Crippen MR) is 121 cm³/mol. The lowest BCUT2D eigenvalue weighted by atomic mass is 9.97. The summed E-state index contributed by atoms with van der Waals surface area (Å²) in [6, 6.07) is 9.00. The van der Waals surface area contributed by atoms with Crippen molar-refractivity contribution in [2.24, 2.45) is 13.0 Å². The number of aryl methyl sites for hydroxylation is 2. The molecule has 11 heteroatoms. The summed E-state index contributed by atoms with van der Waals surface area (Å²) in [7, 11) is -5.17. The van der Waals surface area contributed by atoms with Crippen LogP contribution in [0.4, 0.5) is 0 Å². The number of carbonyl (C=O) groups excluding carboxylic acids is 1. The molecule has 2 aromatic rings. The van der Waals surface area contributed by atoms with Crippen LogP contribution in [0.2, 0.25) is 0 Å². The van der Waals surface area contributed by atoms with Crippen LogP contribution >= 0.6 is 0 Å². The van der Waals surface area contributed by atoms with Gasteiger partial charge in [0.15, 0.2) is 14.9 Å². The number of carbonyl (C=O) groups is 1. The maximum absolute atomic E-state index is 12.8. The number of imidazole rings is 1. The smallest absolute Gasteiger partial charge is 0.262 e. The Balaban J connectivity index is 1.42. The molecule has 1 fully saturated rings. The fourth-order valence-corrected chi connectivity index (χ4v) is 6.61. The van der Waals surface area contributed by atoms with E-state index in [4.69, 9.17) is 0 Å². The van der Waals surface area contributed by atoms with E-state index in [9.17, 15) is 21.6 Å². The average molecular weight is 483 g/mol. The third-order valence-corrected chi connectivity index (χ3v) is 9.13. The van der Waals surface area contributed by atoms with Gasteiger partial charge in [-0.1, -0.05) is 30.3 Å². The van der Waals surface area contributed by atoms with Crippen molar-refractivity contribution >= 4 is 25.8 Å². The first-order valence-electron chi connectivity index (χ1n) is 10.6. The first kappa shape index (κ1) is 24.4. The molecule has 176 valence electrons. The number of rotatable bonds is 9. The molecule has 1 aliphatic heterocycles. The Kier molecular flexibility index (Phi) is 7.73. The number of amides is 1. The molecular weight excluding hydrogens is 452 g/mol. The summed E-state index contributed by atoms with van der Waals surface area (Å²) in [5, 5.41) is 2.82. The molecule has 0 bridgehead atoms. The van der Waals surface area contributed by atoms with Gasteiger partial charge in [-0.2, -0.15) is 4.31 Å². The van der Waals surface area contributed by atoms with Crippen LogP contribution in [-0.4, -0.2) is 62.0 Å². The highest BCUT2D eigenvalue weighted by Gasteiger charge is 2.33. The van der Waals surface area contributed by atoms with Gasteiger partial charge in [-0.15, -0.1) is 0 Å². The molecule has 0 aliphatic carbocycles. The number of hydrogen-bond donors (Lipinski definition) is 1. The van der Waals surface area contributed by atoms with Crippen LogP contribution in [0.1, 0.15) is 30.7 Å². The number of nitrogens with one attached hydrogen (secondary N) is 1. The first-order valence-corrected chi connectivity index (χ1v) is 13.9. The van der Waals surface area contributed by atoms with Crippen LogP contribution < -0.4 is 5.32 Å². The molecule has 2 heterocycles. The molecule has 3 rings (SSSR count). The number of benzene rings is 1. The zero-order valence-electron chi connectivity index (χ0n) is 18.4. The number of aromatic nitrogens is 2. The number of nitrogens with zero attached hydrogens (tertiary/aromatic N) is 3. The molecule has 1 N–H and O–H groups in total. The summed E-state index contributed by atoms with van der Waals surface area (Å²) in [6.07, 6.45) is 2.68. The van der Waals surface area contributed by atoms with E-state index in [2.05, 4.69) is 10.3 Å². The van der Waals surface area contributed by atoms with E-state index in [-0.39, 0.29) is 48.0 Å². The lowest BCUT2D eigenvalue weighted by Gasteiger charge is -2.29. The van der Waals surface area contributed by atoms with Crippen molar-refractivity contribution < 1.29 is 21.6 Å².